The molecule has 0 aliphatic rings. The summed E-state index contributed by atoms with van der Waals surface area (Å²) in [6, 6.07) is 15.9. The lowest BCUT2D eigenvalue weighted by Crippen LogP contribution is -2.24. The van der Waals surface area contributed by atoms with E-state index in [2.05, 4.69) is 10.3 Å². The van der Waals surface area contributed by atoms with Crippen molar-refractivity contribution >= 4 is 35.6 Å². The predicted molar refractivity (Wildman–Crippen MR) is 112 cm³/mol. The molecule has 0 atom stereocenters. The topological polar surface area (TPSA) is 59.6 Å². The standard InChI is InChI=1S/C19H25N3O.HI/c1-14-9-11-16(12-10-14)22-18(20)21-13-15-7-5-6-8-17(15)23-19(2,3)4;/h5-12H,13H2,1-4H3,(H3,20,21,22);1H. The van der Waals surface area contributed by atoms with Crippen molar-refractivity contribution in [3.05, 3.63) is 59.7 Å². The molecule has 0 saturated heterocycles. The van der Waals surface area contributed by atoms with Crippen LogP contribution in [0.15, 0.2) is 53.5 Å². The zero-order valence-corrected chi connectivity index (χ0v) is 17.0. The average Bonchev–Trinajstić information content (AvgIpc) is 2.47. The fourth-order valence-corrected chi connectivity index (χ4v) is 2.06. The third kappa shape index (κ3) is 6.78. The number of anilines is 1. The monoisotopic (exact) mass is 439 g/mol. The Morgan fingerprint density at radius 3 is 2.33 bits per heavy atom. The number of para-hydroxylation sites is 1. The number of rotatable bonds is 4. The number of halogens is 1. The second-order valence-corrected chi connectivity index (χ2v) is 6.51. The molecule has 3 N–H and O–H groups in total. The third-order valence-corrected chi connectivity index (χ3v) is 3.13. The van der Waals surface area contributed by atoms with E-state index in [9.17, 15) is 0 Å². The zero-order chi connectivity index (χ0) is 16.9. The van der Waals surface area contributed by atoms with Gasteiger partial charge in [-0.15, -0.1) is 24.0 Å². The molecule has 2 aromatic carbocycles. The highest BCUT2D eigenvalue weighted by Gasteiger charge is 2.14. The number of hydrogen-bond donors (Lipinski definition) is 2. The van der Waals surface area contributed by atoms with Crippen LogP contribution in [0.2, 0.25) is 0 Å². The lowest BCUT2D eigenvalue weighted by atomic mass is 10.1. The van der Waals surface area contributed by atoms with E-state index in [0.29, 0.717) is 12.5 Å². The molecule has 5 heteroatoms. The third-order valence-electron chi connectivity index (χ3n) is 3.13. The number of guanidine groups is 1. The van der Waals surface area contributed by atoms with Crippen molar-refractivity contribution in [3.63, 3.8) is 0 Å². The number of nitrogens with zero attached hydrogens (tertiary/aromatic N) is 1. The van der Waals surface area contributed by atoms with Gasteiger partial charge in [0.05, 0.1) is 6.54 Å². The highest BCUT2D eigenvalue weighted by Crippen LogP contribution is 2.23. The summed E-state index contributed by atoms with van der Waals surface area (Å²) >= 11 is 0. The van der Waals surface area contributed by atoms with E-state index in [0.717, 1.165) is 17.0 Å². The van der Waals surface area contributed by atoms with Gasteiger partial charge in [-0.25, -0.2) is 4.99 Å². The minimum Gasteiger partial charge on any atom is -0.488 e. The Bertz CT molecular complexity index is 676. The van der Waals surface area contributed by atoms with Crippen LogP contribution in [0.1, 0.15) is 31.9 Å². The summed E-state index contributed by atoms with van der Waals surface area (Å²) in [5.74, 6) is 1.23. The molecule has 0 aromatic heterocycles. The van der Waals surface area contributed by atoms with Crippen LogP contribution < -0.4 is 15.8 Å². The zero-order valence-electron chi connectivity index (χ0n) is 14.7. The van der Waals surface area contributed by atoms with Gasteiger partial charge in [-0.2, -0.15) is 0 Å². The van der Waals surface area contributed by atoms with E-state index >= 15 is 0 Å². The first-order valence-corrected chi connectivity index (χ1v) is 7.74. The van der Waals surface area contributed by atoms with Gasteiger partial charge >= 0.3 is 0 Å². The first-order chi connectivity index (χ1) is 10.8. The maximum absolute atomic E-state index is 5.97. The van der Waals surface area contributed by atoms with Crippen LogP contribution in [0.25, 0.3) is 0 Å². The summed E-state index contributed by atoms with van der Waals surface area (Å²) in [6.45, 7) is 8.60. The first-order valence-electron chi connectivity index (χ1n) is 7.74. The summed E-state index contributed by atoms with van der Waals surface area (Å²) in [6.07, 6.45) is 0. The second kappa shape index (κ2) is 8.92. The number of nitrogens with two attached hydrogens (primary N) is 1. The highest BCUT2D eigenvalue weighted by molar-refractivity contribution is 14.0. The molecule has 0 amide bonds. The van der Waals surface area contributed by atoms with Crippen LogP contribution in [0, 0.1) is 6.92 Å². The molecule has 0 heterocycles. The molecule has 4 nitrogen and oxygen atoms in total. The number of aliphatic imine (C=N–C) groups is 1. The Hall–Kier alpha value is -1.76. The van der Waals surface area contributed by atoms with Crippen molar-refractivity contribution in [2.24, 2.45) is 10.7 Å². The van der Waals surface area contributed by atoms with Crippen LogP contribution in [0.3, 0.4) is 0 Å². The minimum atomic E-state index is -0.245. The highest BCUT2D eigenvalue weighted by atomic mass is 127. The normalized spacial score (nSPS) is 11.6. The smallest absolute Gasteiger partial charge is 0.193 e. The largest absolute Gasteiger partial charge is 0.488 e. The van der Waals surface area contributed by atoms with Crippen LogP contribution in [0.4, 0.5) is 5.69 Å². The summed E-state index contributed by atoms with van der Waals surface area (Å²) in [4.78, 5) is 4.41. The average molecular weight is 439 g/mol. The van der Waals surface area contributed by atoms with Gasteiger partial charge in [-0.1, -0.05) is 35.9 Å². The lowest BCUT2D eigenvalue weighted by Gasteiger charge is -2.23. The van der Waals surface area contributed by atoms with E-state index in [1.165, 1.54) is 5.56 Å². The van der Waals surface area contributed by atoms with Gasteiger partial charge in [-0.3, -0.25) is 0 Å². The molecule has 130 valence electrons. The summed E-state index contributed by atoms with van der Waals surface area (Å²) in [5, 5.41) is 3.09. The predicted octanol–water partition coefficient (Wildman–Crippen LogP) is 4.72. The van der Waals surface area contributed by atoms with Crippen molar-refractivity contribution in [3.8, 4) is 5.75 Å². The molecule has 0 radical (unpaired) electrons. The van der Waals surface area contributed by atoms with Crippen molar-refractivity contribution in [2.75, 3.05) is 5.32 Å². The van der Waals surface area contributed by atoms with Gasteiger partial charge in [-0.05, 0) is 45.9 Å². The van der Waals surface area contributed by atoms with Crippen LogP contribution in [-0.4, -0.2) is 11.6 Å². The molecule has 0 bridgehead atoms. The van der Waals surface area contributed by atoms with Gasteiger partial charge in [0.25, 0.3) is 0 Å². The number of hydrogen-bond acceptors (Lipinski definition) is 2. The number of benzene rings is 2. The lowest BCUT2D eigenvalue weighted by molar-refractivity contribution is 0.129. The molecule has 2 aromatic rings. The fraction of sp³-hybridized carbons (Fsp3) is 0.316. The minimum absolute atomic E-state index is 0. The van der Waals surface area contributed by atoms with E-state index in [1.54, 1.807) is 0 Å². The Morgan fingerprint density at radius 1 is 1.08 bits per heavy atom. The molecule has 0 unspecified atom stereocenters. The Labute approximate surface area is 161 Å². The van der Waals surface area contributed by atoms with Crippen molar-refractivity contribution < 1.29 is 4.74 Å². The van der Waals surface area contributed by atoms with Gasteiger partial charge in [0.1, 0.15) is 11.4 Å². The van der Waals surface area contributed by atoms with Crippen molar-refractivity contribution in [1.29, 1.82) is 0 Å². The Kier molecular flexibility index (Phi) is 7.54. The van der Waals surface area contributed by atoms with Crippen molar-refractivity contribution in [1.82, 2.24) is 0 Å². The quantitative estimate of drug-likeness (QED) is 0.412. The molecule has 0 saturated carbocycles. The van der Waals surface area contributed by atoms with E-state index < -0.39 is 0 Å². The van der Waals surface area contributed by atoms with Gasteiger partial charge in [0.2, 0.25) is 0 Å². The van der Waals surface area contributed by atoms with E-state index in [4.69, 9.17) is 10.5 Å². The van der Waals surface area contributed by atoms with Crippen molar-refractivity contribution in [2.45, 2.75) is 39.8 Å². The van der Waals surface area contributed by atoms with Gasteiger partial charge in [0, 0.05) is 11.3 Å². The number of aryl methyl sites for hydroxylation is 1. The molecular weight excluding hydrogens is 413 g/mol. The van der Waals surface area contributed by atoms with E-state index in [-0.39, 0.29) is 29.6 Å². The molecule has 0 spiro atoms. The molecule has 24 heavy (non-hydrogen) atoms. The van der Waals surface area contributed by atoms with Crippen LogP contribution in [0.5, 0.6) is 5.75 Å². The summed E-state index contributed by atoms with van der Waals surface area (Å²) < 4.78 is 5.97. The van der Waals surface area contributed by atoms with E-state index in [1.807, 2.05) is 76.2 Å². The SMILES string of the molecule is Cc1ccc(NC(N)=NCc2ccccc2OC(C)(C)C)cc1.I. The molecule has 0 aliphatic carbocycles. The Balaban J connectivity index is 0.00000288. The number of nitrogens with one attached hydrogen (secondary N) is 1. The maximum Gasteiger partial charge on any atom is 0.193 e. The molecule has 0 aliphatic heterocycles. The second-order valence-electron chi connectivity index (χ2n) is 6.51. The maximum atomic E-state index is 5.97. The summed E-state index contributed by atoms with van der Waals surface area (Å²) in [7, 11) is 0. The van der Waals surface area contributed by atoms with Gasteiger partial charge < -0.3 is 15.8 Å². The van der Waals surface area contributed by atoms with Crippen LogP contribution >= 0.6 is 24.0 Å². The fourth-order valence-electron chi connectivity index (χ4n) is 2.06. The Morgan fingerprint density at radius 2 is 1.71 bits per heavy atom. The molecule has 2 rings (SSSR count). The summed E-state index contributed by atoms with van der Waals surface area (Å²) in [5.41, 5.74) is 8.87. The molecular formula is C19H26IN3O. The number of ether oxygens (including phenoxy) is 1. The van der Waals surface area contributed by atoms with Gasteiger partial charge in [0.15, 0.2) is 5.96 Å². The van der Waals surface area contributed by atoms with Crippen LogP contribution in [-0.2, 0) is 6.54 Å². The molecule has 0 fully saturated rings. The first kappa shape index (κ1) is 20.3.